The highest BCUT2D eigenvalue weighted by atomic mass is 32.1. The van der Waals surface area contributed by atoms with Crippen LogP contribution in [0.25, 0.3) is 10.2 Å². The van der Waals surface area contributed by atoms with Crippen molar-refractivity contribution in [3.05, 3.63) is 75.2 Å². The van der Waals surface area contributed by atoms with Gasteiger partial charge in [0.1, 0.15) is 0 Å². The molecular weight excluding hydrogens is 282 g/mol. The van der Waals surface area contributed by atoms with Crippen molar-refractivity contribution in [1.82, 2.24) is 4.98 Å². The van der Waals surface area contributed by atoms with Gasteiger partial charge in [0.2, 0.25) is 0 Å². The smallest absolute Gasteiger partial charge is 0.262 e. The van der Waals surface area contributed by atoms with Crippen LogP contribution in [0.3, 0.4) is 0 Å². The fourth-order valence-corrected chi connectivity index (χ4v) is 2.78. The second-order valence-corrected chi connectivity index (χ2v) is 5.51. The van der Waals surface area contributed by atoms with Crippen LogP contribution in [0.5, 0.6) is 0 Å². The van der Waals surface area contributed by atoms with Crippen LogP contribution < -0.4 is 15.5 Å². The molecule has 0 atom stereocenters. The van der Waals surface area contributed by atoms with Gasteiger partial charge in [-0.1, -0.05) is 41.7 Å². The maximum Gasteiger partial charge on any atom is 0.262 e. The average molecular weight is 295 g/mol. The molecular formula is C16H13N3OS. The Kier molecular flexibility index (Phi) is 3.75. The molecule has 1 N–H and O–H groups in total. The van der Waals surface area contributed by atoms with Gasteiger partial charge in [-0.25, -0.2) is 4.98 Å². The summed E-state index contributed by atoms with van der Waals surface area (Å²) in [6, 6.07) is 17.1. The molecule has 1 aromatic heterocycles. The standard InChI is InChI=1S/C16H13N3OS/c1-11-15(19-18-12-7-3-2-4-8-12)16(20)21-14-10-6-5-9-13(14)17-11/h2-10,18H,1H3/b19-15+. The first kappa shape index (κ1) is 13.5. The van der Waals surface area contributed by atoms with Crippen molar-refractivity contribution in [1.29, 1.82) is 0 Å². The van der Waals surface area contributed by atoms with Gasteiger partial charge in [-0.05, 0) is 31.2 Å². The van der Waals surface area contributed by atoms with Gasteiger partial charge in [0, 0.05) is 0 Å². The number of aryl methyl sites for hydroxylation is 1. The molecule has 0 spiro atoms. The van der Waals surface area contributed by atoms with Crippen molar-refractivity contribution in [2.24, 2.45) is 5.10 Å². The van der Waals surface area contributed by atoms with Crippen LogP contribution in [0.2, 0.25) is 0 Å². The summed E-state index contributed by atoms with van der Waals surface area (Å²) in [5, 5.41) is 4.57. The predicted octanol–water partition coefficient (Wildman–Crippen LogP) is 2.89. The van der Waals surface area contributed by atoms with E-state index in [1.165, 1.54) is 0 Å². The summed E-state index contributed by atoms with van der Waals surface area (Å²) in [7, 11) is 0. The Labute approximate surface area is 125 Å². The Balaban J connectivity index is 2.16. The zero-order chi connectivity index (χ0) is 14.7. The molecule has 4 nitrogen and oxygen atoms in total. The molecule has 1 heterocycles. The predicted molar refractivity (Wildman–Crippen MR) is 86.3 cm³/mol. The van der Waals surface area contributed by atoms with E-state index >= 15 is 0 Å². The Morgan fingerprint density at radius 3 is 2.57 bits per heavy atom. The van der Waals surface area contributed by atoms with Crippen LogP contribution in [0.4, 0.5) is 5.69 Å². The summed E-state index contributed by atoms with van der Waals surface area (Å²) >= 11 is 1.16. The average Bonchev–Trinajstić information content (AvgIpc) is 2.62. The van der Waals surface area contributed by atoms with Crippen LogP contribution in [-0.4, -0.2) is 4.98 Å². The fourth-order valence-electron chi connectivity index (χ4n) is 1.93. The number of hydrogen-bond donors (Lipinski definition) is 1. The Hall–Kier alpha value is -2.53. The summed E-state index contributed by atoms with van der Waals surface area (Å²) in [5.41, 5.74) is 5.15. The minimum atomic E-state index is -0.107. The van der Waals surface area contributed by atoms with Gasteiger partial charge in [0.05, 0.1) is 21.6 Å². The van der Waals surface area contributed by atoms with Crippen LogP contribution >= 0.6 is 11.3 Å². The van der Waals surface area contributed by atoms with E-state index in [1.807, 2.05) is 54.6 Å². The molecule has 0 fully saturated rings. The summed E-state index contributed by atoms with van der Waals surface area (Å²) in [6.07, 6.45) is 0. The highest BCUT2D eigenvalue weighted by molar-refractivity contribution is 7.16. The highest BCUT2D eigenvalue weighted by Gasteiger charge is 2.01. The van der Waals surface area contributed by atoms with Crippen LogP contribution in [0.15, 0.2) is 64.5 Å². The maximum atomic E-state index is 12.3. The van der Waals surface area contributed by atoms with Gasteiger partial charge in [-0.15, -0.1) is 0 Å². The van der Waals surface area contributed by atoms with E-state index in [2.05, 4.69) is 15.5 Å². The molecule has 0 unspecified atom stereocenters. The Morgan fingerprint density at radius 1 is 1.05 bits per heavy atom. The highest BCUT2D eigenvalue weighted by Crippen LogP contribution is 2.11. The molecule has 2 aromatic carbocycles. The number of para-hydroxylation sites is 2. The van der Waals surface area contributed by atoms with Crippen molar-refractivity contribution < 1.29 is 0 Å². The molecule has 3 aromatic rings. The van der Waals surface area contributed by atoms with E-state index in [0.29, 0.717) is 11.1 Å². The summed E-state index contributed by atoms with van der Waals surface area (Å²) < 4.78 is 0.747. The van der Waals surface area contributed by atoms with Crippen LogP contribution in [-0.2, 0) is 0 Å². The largest absolute Gasteiger partial charge is 0.278 e. The van der Waals surface area contributed by atoms with E-state index in [9.17, 15) is 4.79 Å². The first-order chi connectivity index (χ1) is 10.2. The first-order valence-electron chi connectivity index (χ1n) is 6.49. The molecule has 0 aliphatic rings. The Morgan fingerprint density at radius 2 is 1.76 bits per heavy atom. The lowest BCUT2D eigenvalue weighted by molar-refractivity contribution is 1.12. The van der Waals surface area contributed by atoms with Gasteiger partial charge in [-0.3, -0.25) is 10.2 Å². The van der Waals surface area contributed by atoms with Gasteiger partial charge in [0.25, 0.3) is 4.74 Å². The quantitative estimate of drug-likeness (QED) is 0.740. The number of aromatic nitrogens is 1. The Bertz CT molecular complexity index is 904. The minimum Gasteiger partial charge on any atom is -0.278 e. The number of benzene rings is 2. The number of nitrogens with zero attached hydrogens (tertiary/aromatic N) is 2. The van der Waals surface area contributed by atoms with Gasteiger partial charge < -0.3 is 0 Å². The molecule has 0 bridgehead atoms. The molecule has 0 amide bonds. The SMILES string of the molecule is Cc1nc2ccccc2sc(=O)/c1=N/Nc1ccccc1. The third-order valence-corrected chi connectivity index (χ3v) is 3.91. The van der Waals surface area contributed by atoms with Crippen molar-refractivity contribution in [3.63, 3.8) is 0 Å². The molecule has 0 radical (unpaired) electrons. The van der Waals surface area contributed by atoms with Gasteiger partial charge in [-0.2, -0.15) is 5.10 Å². The normalized spacial score (nSPS) is 11.6. The summed E-state index contributed by atoms with van der Waals surface area (Å²) in [5.74, 6) is 0. The van der Waals surface area contributed by atoms with Gasteiger partial charge in [0.15, 0.2) is 5.36 Å². The molecule has 21 heavy (non-hydrogen) atoms. The molecule has 0 aliphatic heterocycles. The molecule has 0 saturated carbocycles. The molecule has 0 aliphatic carbocycles. The summed E-state index contributed by atoms with van der Waals surface area (Å²) in [4.78, 5) is 16.8. The van der Waals surface area contributed by atoms with Crippen molar-refractivity contribution in [2.75, 3.05) is 5.43 Å². The van der Waals surface area contributed by atoms with E-state index in [-0.39, 0.29) is 4.74 Å². The van der Waals surface area contributed by atoms with Crippen molar-refractivity contribution in [2.45, 2.75) is 6.92 Å². The zero-order valence-electron chi connectivity index (χ0n) is 11.4. The molecule has 104 valence electrons. The van der Waals surface area contributed by atoms with E-state index in [4.69, 9.17) is 0 Å². The lowest BCUT2D eigenvalue weighted by atomic mass is 10.3. The topological polar surface area (TPSA) is 54.4 Å². The third-order valence-electron chi connectivity index (χ3n) is 2.96. The van der Waals surface area contributed by atoms with Crippen LogP contribution in [0.1, 0.15) is 5.69 Å². The number of rotatable bonds is 2. The monoisotopic (exact) mass is 295 g/mol. The molecule has 5 heteroatoms. The lowest BCUT2D eigenvalue weighted by Gasteiger charge is -1.97. The number of hydrogen-bond acceptors (Lipinski definition) is 5. The third kappa shape index (κ3) is 2.98. The van der Waals surface area contributed by atoms with E-state index < -0.39 is 0 Å². The van der Waals surface area contributed by atoms with Crippen LogP contribution in [0, 0.1) is 6.92 Å². The minimum absolute atomic E-state index is 0.107. The zero-order valence-corrected chi connectivity index (χ0v) is 12.2. The van der Waals surface area contributed by atoms with Crippen molar-refractivity contribution >= 4 is 27.2 Å². The lowest BCUT2D eigenvalue weighted by Crippen LogP contribution is -2.24. The van der Waals surface area contributed by atoms with E-state index in [0.717, 1.165) is 27.2 Å². The number of nitrogens with one attached hydrogen (secondary N) is 1. The fraction of sp³-hybridized carbons (Fsp3) is 0.0625. The maximum absolute atomic E-state index is 12.3. The van der Waals surface area contributed by atoms with E-state index in [1.54, 1.807) is 6.92 Å². The van der Waals surface area contributed by atoms with Gasteiger partial charge >= 0.3 is 0 Å². The first-order valence-corrected chi connectivity index (χ1v) is 7.31. The molecule has 3 rings (SSSR count). The molecule has 0 saturated heterocycles. The van der Waals surface area contributed by atoms with Crippen molar-refractivity contribution in [3.8, 4) is 0 Å². The number of fused-ring (bicyclic) bond motifs is 1. The number of anilines is 1. The summed E-state index contributed by atoms with van der Waals surface area (Å²) in [6.45, 7) is 1.80. The second-order valence-electron chi connectivity index (χ2n) is 4.49. The second kappa shape index (κ2) is 5.85.